The predicted octanol–water partition coefficient (Wildman–Crippen LogP) is 1.84. The van der Waals surface area contributed by atoms with Crippen LogP contribution in [0.5, 0.6) is 0 Å². The number of likely N-dealkylation sites (tertiary alicyclic amines) is 1. The van der Waals surface area contributed by atoms with E-state index in [1.54, 1.807) is 0 Å². The van der Waals surface area contributed by atoms with E-state index in [1.807, 2.05) is 20.8 Å². The summed E-state index contributed by atoms with van der Waals surface area (Å²) in [7, 11) is -0.184. The third kappa shape index (κ3) is 6.69. The lowest BCUT2D eigenvalue weighted by atomic mass is 9.92. The van der Waals surface area contributed by atoms with E-state index >= 15 is 0 Å². The van der Waals surface area contributed by atoms with Gasteiger partial charge in [0.2, 0.25) is 0 Å². The summed E-state index contributed by atoms with van der Waals surface area (Å²) in [6.45, 7) is 9.58. The molecule has 116 valence electrons. The first-order valence-electron chi connectivity index (χ1n) is 7.03. The Morgan fingerprint density at radius 3 is 2.45 bits per heavy atom. The Kier molecular flexibility index (Phi) is 5.99. The molecule has 1 heterocycles. The lowest BCUT2D eigenvalue weighted by Gasteiger charge is -2.37. The van der Waals surface area contributed by atoms with Gasteiger partial charge < -0.3 is 15.2 Å². The van der Waals surface area contributed by atoms with Crippen molar-refractivity contribution in [3.63, 3.8) is 0 Å². The average molecular weight is 303 g/mol. The number of rotatable bonds is 4. The van der Waals surface area contributed by atoms with Crippen LogP contribution in [0.15, 0.2) is 0 Å². The molecule has 0 aliphatic carbocycles. The van der Waals surface area contributed by atoms with Crippen LogP contribution >= 0.6 is 7.55 Å². The molecule has 5 nitrogen and oxygen atoms in total. The Morgan fingerprint density at radius 1 is 1.45 bits per heavy atom. The summed E-state index contributed by atoms with van der Waals surface area (Å²) in [5.41, 5.74) is -1.33. The average Bonchev–Trinajstić information content (AvgIpc) is 2.27. The topological polar surface area (TPSA) is 61.8 Å². The zero-order valence-electron chi connectivity index (χ0n) is 13.1. The molecule has 1 unspecified atom stereocenters. The predicted molar refractivity (Wildman–Crippen MR) is 84.8 cm³/mol. The van der Waals surface area contributed by atoms with E-state index in [4.69, 9.17) is 4.74 Å². The lowest BCUT2D eigenvalue weighted by Crippen LogP contribution is -2.51. The number of carbonyl (C=O) groups is 1. The van der Waals surface area contributed by atoms with Gasteiger partial charge in [0.15, 0.2) is 6.29 Å². The summed E-state index contributed by atoms with van der Waals surface area (Å²) >= 11 is 0. The van der Waals surface area contributed by atoms with Crippen LogP contribution in [-0.2, 0) is 4.74 Å². The third-order valence-electron chi connectivity index (χ3n) is 3.19. The molecule has 1 fully saturated rings. The second-order valence-electron chi connectivity index (χ2n) is 6.70. The highest BCUT2D eigenvalue weighted by Gasteiger charge is 2.33. The zero-order valence-corrected chi connectivity index (χ0v) is 14.0. The molecule has 0 aromatic carbocycles. The van der Waals surface area contributed by atoms with Gasteiger partial charge in [-0.05, 0) is 33.6 Å². The highest BCUT2D eigenvalue weighted by atomic mass is 31.1. The summed E-state index contributed by atoms with van der Waals surface area (Å²) < 4.78 is 5.17. The van der Waals surface area contributed by atoms with Gasteiger partial charge in [-0.2, -0.15) is 0 Å². The van der Waals surface area contributed by atoms with Gasteiger partial charge in [0, 0.05) is 19.6 Å². The largest absolute Gasteiger partial charge is 0.444 e. The van der Waals surface area contributed by atoms with Gasteiger partial charge in [0.25, 0.3) is 0 Å². The van der Waals surface area contributed by atoms with Crippen LogP contribution in [0.2, 0.25) is 0 Å². The van der Waals surface area contributed by atoms with Crippen molar-refractivity contribution in [3.05, 3.63) is 0 Å². The monoisotopic (exact) mass is 303 g/mol. The molecule has 0 bridgehead atoms. The molecule has 1 rings (SSSR count). The lowest BCUT2D eigenvalue weighted by molar-refractivity contribution is -0.0192. The van der Waals surface area contributed by atoms with Crippen LogP contribution in [0.1, 0.15) is 33.6 Å². The summed E-state index contributed by atoms with van der Waals surface area (Å²) in [6.07, 6.45) is 5.94. The molecule has 1 amide bonds. The molecular formula is C14H28N2O3P+. The van der Waals surface area contributed by atoms with Crippen molar-refractivity contribution in [2.45, 2.75) is 44.8 Å². The van der Waals surface area contributed by atoms with Crippen molar-refractivity contribution in [3.8, 4) is 0 Å². The zero-order chi connectivity index (χ0) is 15.4. The molecule has 0 saturated carbocycles. The maximum absolute atomic E-state index is 11.6. The van der Waals surface area contributed by atoms with Gasteiger partial charge in [-0.3, -0.25) is 4.90 Å². The molecule has 2 N–H and O–H groups in total. The van der Waals surface area contributed by atoms with Crippen LogP contribution in [0.4, 0.5) is 4.79 Å². The number of nitrogens with zero attached hydrogens (tertiary/aromatic N) is 1. The number of nitrogens with one attached hydrogen (secondary N) is 1. The van der Waals surface area contributed by atoms with Gasteiger partial charge in [-0.1, -0.05) is 0 Å². The number of piperidine rings is 1. The van der Waals surface area contributed by atoms with E-state index in [9.17, 15) is 9.90 Å². The Hall–Kier alpha value is -0.640. The maximum atomic E-state index is 11.6. The first kappa shape index (κ1) is 17.4. The fraction of sp³-hybridized carbons (Fsp3) is 0.857. The minimum Gasteiger partial charge on any atom is -0.444 e. The van der Waals surface area contributed by atoms with E-state index < -0.39 is 17.3 Å². The second-order valence-corrected chi connectivity index (χ2v) is 8.69. The minimum atomic E-state index is -0.814. The van der Waals surface area contributed by atoms with Crippen molar-refractivity contribution >= 4 is 19.9 Å². The molecule has 0 aromatic rings. The fourth-order valence-electron chi connectivity index (χ4n) is 2.18. The number of alkyl carbamates (subject to hydrolysis) is 1. The Bertz CT molecular complexity index is 358. The van der Waals surface area contributed by atoms with Gasteiger partial charge in [0.05, 0.1) is 26.1 Å². The van der Waals surface area contributed by atoms with Gasteiger partial charge >= 0.3 is 6.09 Å². The maximum Gasteiger partial charge on any atom is 0.407 e. The van der Waals surface area contributed by atoms with E-state index in [2.05, 4.69) is 23.2 Å². The van der Waals surface area contributed by atoms with Crippen molar-refractivity contribution in [1.82, 2.24) is 10.2 Å². The molecule has 1 atom stereocenters. The van der Waals surface area contributed by atoms with Crippen molar-refractivity contribution < 1.29 is 14.6 Å². The molecule has 1 aliphatic heterocycles. The number of hydrogen-bond donors (Lipinski definition) is 2. The number of amides is 1. The molecule has 0 aromatic heterocycles. The van der Waals surface area contributed by atoms with Gasteiger partial charge in [0.1, 0.15) is 5.60 Å². The van der Waals surface area contributed by atoms with Crippen molar-refractivity contribution in [1.29, 1.82) is 0 Å². The molecule has 1 saturated heterocycles. The minimum absolute atomic E-state index is 0.184. The second kappa shape index (κ2) is 6.88. The van der Waals surface area contributed by atoms with Crippen LogP contribution in [0, 0.1) is 0 Å². The summed E-state index contributed by atoms with van der Waals surface area (Å²) in [4.78, 5) is 13.9. The number of hydrogen-bond acceptors (Lipinski definition) is 4. The fourth-order valence-corrected chi connectivity index (χ4v) is 3.15. The normalized spacial score (nSPS) is 20.4. The quantitative estimate of drug-likeness (QED) is 0.778. The first-order valence-corrected chi connectivity index (χ1v) is 9.19. The van der Waals surface area contributed by atoms with E-state index in [0.717, 1.165) is 19.4 Å². The summed E-state index contributed by atoms with van der Waals surface area (Å²) in [6, 6.07) is 0. The van der Waals surface area contributed by atoms with Crippen molar-refractivity contribution in [2.75, 3.05) is 32.6 Å². The third-order valence-corrected chi connectivity index (χ3v) is 4.07. The summed E-state index contributed by atoms with van der Waals surface area (Å²) in [5, 5.41) is 13.1. The van der Waals surface area contributed by atoms with Crippen LogP contribution in [0.25, 0.3) is 0 Å². The molecule has 1 aliphatic rings. The molecule has 0 spiro atoms. The number of aliphatic hydroxyl groups is 1. The Balaban J connectivity index is 2.34. The van der Waals surface area contributed by atoms with Gasteiger partial charge in [-0.15, -0.1) is 0 Å². The highest BCUT2D eigenvalue weighted by Crippen LogP contribution is 2.25. The number of carbonyl (C=O) groups excluding carboxylic acids is 1. The van der Waals surface area contributed by atoms with E-state index in [1.165, 1.54) is 0 Å². The van der Waals surface area contributed by atoms with Crippen LogP contribution < -0.4 is 5.32 Å². The molecule has 20 heavy (non-hydrogen) atoms. The molecular weight excluding hydrogens is 275 g/mol. The van der Waals surface area contributed by atoms with Crippen molar-refractivity contribution in [2.24, 2.45) is 0 Å². The van der Waals surface area contributed by atoms with Gasteiger partial charge in [-0.25, -0.2) is 4.79 Å². The highest BCUT2D eigenvalue weighted by molar-refractivity contribution is 7.54. The van der Waals surface area contributed by atoms with E-state index in [-0.39, 0.29) is 14.1 Å². The Morgan fingerprint density at radius 2 is 2.00 bits per heavy atom. The standard InChI is InChI=1S/C14H27N2O3P/c1-13(2,3)19-12(17)15-10-14(18)6-8-16(9-7-14)11-20(4)5/h18H,4,6-11H2,1-3,5H3/p+1. The summed E-state index contributed by atoms with van der Waals surface area (Å²) in [5.74, 6) is 0. The smallest absolute Gasteiger partial charge is 0.407 e. The molecule has 6 heteroatoms. The molecule has 0 radical (unpaired) electrons. The van der Waals surface area contributed by atoms with Crippen LogP contribution in [-0.4, -0.2) is 66.2 Å². The SMILES string of the molecule is C=[P+](C)CN1CCC(O)(CNC(=O)OC(C)(C)C)CC1. The van der Waals surface area contributed by atoms with E-state index in [0.29, 0.717) is 12.8 Å². The Labute approximate surface area is 123 Å². The first-order chi connectivity index (χ1) is 9.10. The number of ether oxygens (including phenoxy) is 1. The van der Waals surface area contributed by atoms with Crippen LogP contribution in [0.3, 0.4) is 0 Å².